The van der Waals surface area contributed by atoms with E-state index in [1.54, 1.807) is 12.4 Å². The summed E-state index contributed by atoms with van der Waals surface area (Å²) in [7, 11) is 0. The number of ether oxygens (including phenoxy) is 1. The normalized spacial score (nSPS) is 10.3. The summed E-state index contributed by atoms with van der Waals surface area (Å²) in [5.74, 6) is 0. The quantitative estimate of drug-likeness (QED) is 0.788. The van der Waals surface area contributed by atoms with E-state index in [9.17, 15) is 4.79 Å². The molecule has 0 fully saturated rings. The molecule has 0 spiro atoms. The molecule has 0 atom stereocenters. The van der Waals surface area contributed by atoms with Crippen LogP contribution in [-0.4, -0.2) is 11.1 Å². The van der Waals surface area contributed by atoms with Crippen LogP contribution in [0.4, 0.5) is 10.5 Å². The third kappa shape index (κ3) is 3.17. The summed E-state index contributed by atoms with van der Waals surface area (Å²) in [6, 6.07) is 17.3. The van der Waals surface area contributed by atoms with E-state index in [1.807, 2.05) is 54.6 Å². The fourth-order valence-corrected chi connectivity index (χ4v) is 2.09. The minimum atomic E-state index is -0.489. The van der Waals surface area contributed by atoms with Gasteiger partial charge in [0.2, 0.25) is 0 Å². The van der Waals surface area contributed by atoms with Gasteiger partial charge in [0.05, 0.1) is 11.9 Å². The SMILES string of the molecule is O=C(Nc1cncc2ccccc12)OCc1ccccc1. The van der Waals surface area contributed by atoms with E-state index in [0.29, 0.717) is 5.69 Å². The molecular formula is C17H14N2O2. The molecule has 0 bridgehead atoms. The first-order chi connectivity index (χ1) is 10.3. The molecule has 0 unspecified atom stereocenters. The van der Waals surface area contributed by atoms with Gasteiger partial charge in [-0.1, -0.05) is 54.6 Å². The second kappa shape index (κ2) is 6.05. The highest BCUT2D eigenvalue weighted by atomic mass is 16.5. The van der Waals surface area contributed by atoms with E-state index in [2.05, 4.69) is 10.3 Å². The van der Waals surface area contributed by atoms with Gasteiger partial charge in [-0.3, -0.25) is 10.3 Å². The number of pyridine rings is 1. The van der Waals surface area contributed by atoms with Crippen molar-refractivity contribution in [1.29, 1.82) is 0 Å². The van der Waals surface area contributed by atoms with Gasteiger partial charge in [-0.2, -0.15) is 0 Å². The number of nitrogens with zero attached hydrogens (tertiary/aromatic N) is 1. The number of hydrogen-bond acceptors (Lipinski definition) is 3. The molecule has 0 aliphatic heterocycles. The summed E-state index contributed by atoms with van der Waals surface area (Å²) in [6.45, 7) is 0.241. The number of fused-ring (bicyclic) bond motifs is 1. The van der Waals surface area contributed by atoms with E-state index in [1.165, 1.54) is 0 Å². The molecule has 2 aromatic carbocycles. The summed E-state index contributed by atoms with van der Waals surface area (Å²) in [5.41, 5.74) is 1.59. The Morgan fingerprint density at radius 3 is 2.62 bits per heavy atom. The van der Waals surface area contributed by atoms with Gasteiger partial charge >= 0.3 is 6.09 Å². The van der Waals surface area contributed by atoms with Crippen molar-refractivity contribution in [3.63, 3.8) is 0 Å². The van der Waals surface area contributed by atoms with Crippen molar-refractivity contribution in [3.05, 3.63) is 72.6 Å². The molecule has 1 amide bonds. The van der Waals surface area contributed by atoms with Crippen molar-refractivity contribution in [2.24, 2.45) is 0 Å². The topological polar surface area (TPSA) is 51.2 Å². The molecule has 104 valence electrons. The lowest BCUT2D eigenvalue weighted by Crippen LogP contribution is -2.13. The van der Waals surface area contributed by atoms with Gasteiger partial charge < -0.3 is 4.74 Å². The maximum Gasteiger partial charge on any atom is 0.412 e. The Labute approximate surface area is 122 Å². The molecule has 4 heteroatoms. The maximum absolute atomic E-state index is 11.9. The second-order valence-electron chi connectivity index (χ2n) is 4.59. The van der Waals surface area contributed by atoms with Crippen LogP contribution in [-0.2, 0) is 11.3 Å². The number of carbonyl (C=O) groups excluding carboxylic acids is 1. The molecule has 0 saturated heterocycles. The number of rotatable bonds is 3. The highest BCUT2D eigenvalue weighted by Gasteiger charge is 2.07. The average molecular weight is 278 g/mol. The average Bonchev–Trinajstić information content (AvgIpc) is 2.54. The van der Waals surface area contributed by atoms with Gasteiger partial charge in [-0.05, 0) is 5.56 Å². The Bertz CT molecular complexity index is 752. The van der Waals surface area contributed by atoms with E-state index in [4.69, 9.17) is 4.74 Å². The van der Waals surface area contributed by atoms with Crippen LogP contribution < -0.4 is 5.32 Å². The summed E-state index contributed by atoms with van der Waals surface area (Å²) in [6.07, 6.45) is 2.89. The number of carbonyl (C=O) groups is 1. The number of hydrogen-bond donors (Lipinski definition) is 1. The maximum atomic E-state index is 11.9. The number of anilines is 1. The molecule has 1 N–H and O–H groups in total. The van der Waals surface area contributed by atoms with E-state index < -0.39 is 6.09 Å². The highest BCUT2D eigenvalue weighted by molar-refractivity contribution is 5.99. The molecule has 0 saturated carbocycles. The molecule has 3 aromatic rings. The van der Waals surface area contributed by atoms with Crippen molar-refractivity contribution in [1.82, 2.24) is 4.98 Å². The molecule has 4 nitrogen and oxygen atoms in total. The first-order valence-electron chi connectivity index (χ1n) is 6.63. The Balaban J connectivity index is 1.69. The fourth-order valence-electron chi connectivity index (χ4n) is 2.09. The highest BCUT2D eigenvalue weighted by Crippen LogP contribution is 2.21. The summed E-state index contributed by atoms with van der Waals surface area (Å²) < 4.78 is 5.20. The van der Waals surface area contributed by atoms with Gasteiger partial charge in [-0.15, -0.1) is 0 Å². The lowest BCUT2D eigenvalue weighted by Gasteiger charge is -2.09. The van der Waals surface area contributed by atoms with Gasteiger partial charge in [0.1, 0.15) is 6.61 Å². The number of nitrogens with one attached hydrogen (secondary N) is 1. The third-order valence-corrected chi connectivity index (χ3v) is 3.12. The zero-order chi connectivity index (χ0) is 14.5. The van der Waals surface area contributed by atoms with Gasteiger partial charge in [-0.25, -0.2) is 4.79 Å². The van der Waals surface area contributed by atoms with Gasteiger partial charge in [0, 0.05) is 17.0 Å². The molecule has 21 heavy (non-hydrogen) atoms. The van der Waals surface area contributed by atoms with Crippen molar-refractivity contribution < 1.29 is 9.53 Å². The Hall–Kier alpha value is -2.88. The number of benzene rings is 2. The predicted octanol–water partition coefficient (Wildman–Crippen LogP) is 3.98. The van der Waals surface area contributed by atoms with Crippen LogP contribution in [0, 0.1) is 0 Å². The Morgan fingerprint density at radius 1 is 1.00 bits per heavy atom. The zero-order valence-corrected chi connectivity index (χ0v) is 11.3. The van der Waals surface area contributed by atoms with E-state index in [-0.39, 0.29) is 6.61 Å². The van der Waals surface area contributed by atoms with Crippen LogP contribution >= 0.6 is 0 Å². The standard InChI is InChI=1S/C17H14N2O2/c20-17(21-12-13-6-2-1-3-7-13)19-16-11-18-10-14-8-4-5-9-15(14)16/h1-11H,12H2,(H,19,20). The van der Waals surface area contributed by atoms with Crippen molar-refractivity contribution in [2.75, 3.05) is 5.32 Å². The third-order valence-electron chi connectivity index (χ3n) is 3.12. The molecule has 0 aliphatic rings. The summed E-state index contributed by atoms with van der Waals surface area (Å²) in [4.78, 5) is 16.0. The van der Waals surface area contributed by atoms with Crippen LogP contribution in [0.5, 0.6) is 0 Å². The van der Waals surface area contributed by atoms with Gasteiger partial charge in [0.25, 0.3) is 0 Å². The predicted molar refractivity (Wildman–Crippen MR) is 82.0 cm³/mol. The lowest BCUT2D eigenvalue weighted by atomic mass is 10.1. The molecular weight excluding hydrogens is 264 g/mol. The smallest absolute Gasteiger partial charge is 0.412 e. The van der Waals surface area contributed by atoms with Crippen LogP contribution in [0.2, 0.25) is 0 Å². The molecule has 1 aromatic heterocycles. The van der Waals surface area contributed by atoms with Gasteiger partial charge in [0.15, 0.2) is 0 Å². The first kappa shape index (κ1) is 13.1. The molecule has 0 radical (unpaired) electrons. The Morgan fingerprint density at radius 2 is 1.76 bits per heavy atom. The summed E-state index contributed by atoms with van der Waals surface area (Å²) in [5, 5.41) is 4.64. The minimum Gasteiger partial charge on any atom is -0.444 e. The van der Waals surface area contributed by atoms with Crippen LogP contribution in [0.25, 0.3) is 10.8 Å². The molecule has 0 aliphatic carbocycles. The molecule has 1 heterocycles. The number of aromatic nitrogens is 1. The Kier molecular flexibility index (Phi) is 3.78. The minimum absolute atomic E-state index is 0.241. The van der Waals surface area contributed by atoms with Crippen LogP contribution in [0.3, 0.4) is 0 Å². The fraction of sp³-hybridized carbons (Fsp3) is 0.0588. The second-order valence-corrected chi connectivity index (χ2v) is 4.59. The van der Waals surface area contributed by atoms with E-state index in [0.717, 1.165) is 16.3 Å². The molecule has 3 rings (SSSR count). The largest absolute Gasteiger partial charge is 0.444 e. The monoisotopic (exact) mass is 278 g/mol. The number of amides is 1. The van der Waals surface area contributed by atoms with Crippen molar-refractivity contribution >= 4 is 22.6 Å². The van der Waals surface area contributed by atoms with Crippen molar-refractivity contribution in [2.45, 2.75) is 6.61 Å². The van der Waals surface area contributed by atoms with Crippen LogP contribution in [0.1, 0.15) is 5.56 Å². The lowest BCUT2D eigenvalue weighted by molar-refractivity contribution is 0.155. The van der Waals surface area contributed by atoms with E-state index >= 15 is 0 Å². The van der Waals surface area contributed by atoms with Crippen molar-refractivity contribution in [3.8, 4) is 0 Å². The summed E-state index contributed by atoms with van der Waals surface area (Å²) >= 11 is 0. The van der Waals surface area contributed by atoms with Crippen LogP contribution in [0.15, 0.2) is 67.0 Å². The first-order valence-corrected chi connectivity index (χ1v) is 6.63. The zero-order valence-electron chi connectivity index (χ0n) is 11.3.